The van der Waals surface area contributed by atoms with E-state index in [4.69, 9.17) is 5.73 Å². The number of aryl methyl sites for hydroxylation is 1. The molecular weight excluding hydrogens is 313 g/mol. The molecule has 98 valence electrons. The van der Waals surface area contributed by atoms with E-state index in [1.54, 1.807) is 6.07 Å². The number of hydrogen-bond donors (Lipinski definition) is 2. The van der Waals surface area contributed by atoms with Gasteiger partial charge in [-0.15, -0.1) is 0 Å². The molecule has 0 saturated heterocycles. The number of nitrogens with one attached hydrogen (secondary N) is 1. The van der Waals surface area contributed by atoms with Gasteiger partial charge in [0.25, 0.3) is 5.91 Å². The number of benzene rings is 1. The van der Waals surface area contributed by atoms with Crippen LogP contribution in [0.5, 0.6) is 0 Å². The number of nitrogen functional groups attached to an aromatic ring is 1. The topological polar surface area (TPSA) is 68.0 Å². The molecule has 1 aromatic heterocycles. The zero-order valence-electron chi connectivity index (χ0n) is 10.1. The van der Waals surface area contributed by atoms with Crippen molar-refractivity contribution in [2.75, 3.05) is 11.1 Å². The Balaban J connectivity index is 2.25. The van der Waals surface area contributed by atoms with Gasteiger partial charge in [-0.25, -0.2) is 9.37 Å². The third-order valence-electron chi connectivity index (χ3n) is 2.57. The van der Waals surface area contributed by atoms with Crippen molar-refractivity contribution in [2.24, 2.45) is 0 Å². The number of halogens is 2. The summed E-state index contributed by atoms with van der Waals surface area (Å²) in [5, 5.41) is 2.59. The summed E-state index contributed by atoms with van der Waals surface area (Å²) < 4.78 is 13.6. The van der Waals surface area contributed by atoms with Crippen molar-refractivity contribution in [3.63, 3.8) is 0 Å². The van der Waals surface area contributed by atoms with E-state index >= 15 is 0 Å². The smallest absolute Gasteiger partial charge is 0.258 e. The van der Waals surface area contributed by atoms with E-state index in [9.17, 15) is 9.18 Å². The molecule has 0 aliphatic carbocycles. The number of carbonyl (C=O) groups is 1. The fraction of sp³-hybridized carbons (Fsp3) is 0.0769. The van der Waals surface area contributed by atoms with Gasteiger partial charge in [0.1, 0.15) is 11.6 Å². The van der Waals surface area contributed by atoms with Gasteiger partial charge in [-0.2, -0.15) is 0 Å². The van der Waals surface area contributed by atoms with Gasteiger partial charge < -0.3 is 11.1 Å². The molecular formula is C13H11BrFN3O. The van der Waals surface area contributed by atoms with Gasteiger partial charge >= 0.3 is 0 Å². The normalized spacial score (nSPS) is 10.3. The number of pyridine rings is 1. The Morgan fingerprint density at radius 3 is 2.84 bits per heavy atom. The highest BCUT2D eigenvalue weighted by molar-refractivity contribution is 9.10. The molecule has 3 N–H and O–H groups in total. The third kappa shape index (κ3) is 3.08. The van der Waals surface area contributed by atoms with Crippen LogP contribution in [-0.4, -0.2) is 10.9 Å². The molecule has 0 unspecified atom stereocenters. The predicted molar refractivity (Wildman–Crippen MR) is 75.4 cm³/mol. The summed E-state index contributed by atoms with van der Waals surface area (Å²) in [4.78, 5) is 16.0. The Morgan fingerprint density at radius 2 is 2.16 bits per heavy atom. The number of anilines is 2. The van der Waals surface area contributed by atoms with Gasteiger partial charge in [0, 0.05) is 4.47 Å². The minimum atomic E-state index is -0.477. The monoisotopic (exact) mass is 323 g/mol. The second-order valence-corrected chi connectivity index (χ2v) is 4.86. The van der Waals surface area contributed by atoms with E-state index in [0.717, 1.165) is 11.6 Å². The molecule has 4 nitrogen and oxygen atoms in total. The average Bonchev–Trinajstić information content (AvgIpc) is 2.36. The van der Waals surface area contributed by atoms with Crippen molar-refractivity contribution >= 4 is 33.3 Å². The maximum atomic E-state index is 13.1. The number of nitrogens with zero attached hydrogens (tertiary/aromatic N) is 1. The van der Waals surface area contributed by atoms with Gasteiger partial charge in [0.2, 0.25) is 0 Å². The maximum Gasteiger partial charge on any atom is 0.258 e. The van der Waals surface area contributed by atoms with Gasteiger partial charge in [-0.05, 0) is 52.7 Å². The summed E-state index contributed by atoms with van der Waals surface area (Å²) in [5.74, 6) is -0.550. The van der Waals surface area contributed by atoms with E-state index in [0.29, 0.717) is 16.0 Å². The van der Waals surface area contributed by atoms with Crippen LogP contribution in [0.1, 0.15) is 15.9 Å². The Labute approximate surface area is 118 Å². The van der Waals surface area contributed by atoms with E-state index in [1.807, 2.05) is 6.92 Å². The number of rotatable bonds is 2. The van der Waals surface area contributed by atoms with Crippen molar-refractivity contribution in [3.8, 4) is 0 Å². The first-order chi connectivity index (χ1) is 8.97. The van der Waals surface area contributed by atoms with Gasteiger partial charge in [0.05, 0.1) is 17.4 Å². The highest BCUT2D eigenvalue weighted by atomic mass is 79.9. The predicted octanol–water partition coefficient (Wildman–Crippen LogP) is 3.13. The van der Waals surface area contributed by atoms with Crippen molar-refractivity contribution < 1.29 is 9.18 Å². The Hall–Kier alpha value is -1.95. The summed E-state index contributed by atoms with van der Waals surface area (Å²) in [6.07, 6.45) is 1.46. The molecule has 0 aliphatic rings. The van der Waals surface area contributed by atoms with E-state index in [-0.39, 0.29) is 5.56 Å². The minimum Gasteiger partial charge on any atom is -0.397 e. The largest absolute Gasteiger partial charge is 0.397 e. The molecule has 1 heterocycles. The number of nitrogens with two attached hydrogens (primary N) is 1. The standard InChI is InChI=1S/C13H11BrFN3O/c1-7-4-12(17-6-11(7)16)18-13(19)9-5-8(15)2-3-10(9)14/h2-6H,16H2,1H3,(H,17,18,19). The van der Waals surface area contributed by atoms with Crippen LogP contribution in [-0.2, 0) is 0 Å². The molecule has 6 heteroatoms. The molecule has 0 aliphatic heterocycles. The van der Waals surface area contributed by atoms with Crippen LogP contribution in [0.3, 0.4) is 0 Å². The van der Waals surface area contributed by atoms with Gasteiger partial charge in [-0.1, -0.05) is 0 Å². The number of hydrogen-bond acceptors (Lipinski definition) is 3. The third-order valence-corrected chi connectivity index (χ3v) is 3.26. The van der Waals surface area contributed by atoms with Crippen molar-refractivity contribution in [1.82, 2.24) is 4.98 Å². The van der Waals surface area contributed by atoms with Crippen LogP contribution in [0.25, 0.3) is 0 Å². The molecule has 0 radical (unpaired) electrons. The number of aromatic nitrogens is 1. The van der Waals surface area contributed by atoms with Gasteiger partial charge in [0.15, 0.2) is 0 Å². The highest BCUT2D eigenvalue weighted by Gasteiger charge is 2.12. The molecule has 19 heavy (non-hydrogen) atoms. The van der Waals surface area contributed by atoms with Crippen LogP contribution in [0.4, 0.5) is 15.9 Å². The number of carbonyl (C=O) groups excluding carboxylic acids is 1. The minimum absolute atomic E-state index is 0.205. The molecule has 0 spiro atoms. The molecule has 0 fully saturated rings. The first-order valence-corrected chi connectivity index (χ1v) is 6.25. The molecule has 1 aromatic carbocycles. The van der Waals surface area contributed by atoms with Crippen LogP contribution >= 0.6 is 15.9 Å². The summed E-state index contributed by atoms with van der Waals surface area (Å²) in [6, 6.07) is 5.56. The lowest BCUT2D eigenvalue weighted by Crippen LogP contribution is -2.14. The highest BCUT2D eigenvalue weighted by Crippen LogP contribution is 2.20. The molecule has 0 saturated carbocycles. The summed E-state index contributed by atoms with van der Waals surface area (Å²) in [6.45, 7) is 1.81. The zero-order chi connectivity index (χ0) is 14.0. The van der Waals surface area contributed by atoms with Crippen molar-refractivity contribution in [1.29, 1.82) is 0 Å². The second-order valence-electron chi connectivity index (χ2n) is 4.00. The van der Waals surface area contributed by atoms with Crippen LogP contribution in [0, 0.1) is 12.7 Å². The fourth-order valence-corrected chi connectivity index (χ4v) is 1.92. The number of amides is 1. The van der Waals surface area contributed by atoms with Crippen LogP contribution < -0.4 is 11.1 Å². The Bertz CT molecular complexity index is 646. The van der Waals surface area contributed by atoms with Crippen molar-refractivity contribution in [2.45, 2.75) is 6.92 Å². The van der Waals surface area contributed by atoms with E-state index < -0.39 is 11.7 Å². The van der Waals surface area contributed by atoms with E-state index in [1.165, 1.54) is 18.3 Å². The summed E-state index contributed by atoms with van der Waals surface area (Å²) in [5.41, 5.74) is 7.20. The molecule has 1 amide bonds. The van der Waals surface area contributed by atoms with Crippen LogP contribution in [0.2, 0.25) is 0 Å². The fourth-order valence-electron chi connectivity index (χ4n) is 1.49. The summed E-state index contributed by atoms with van der Waals surface area (Å²) >= 11 is 3.20. The Kier molecular flexibility index (Phi) is 3.80. The van der Waals surface area contributed by atoms with Gasteiger partial charge in [-0.3, -0.25) is 4.79 Å². The Morgan fingerprint density at radius 1 is 1.42 bits per heavy atom. The average molecular weight is 324 g/mol. The zero-order valence-corrected chi connectivity index (χ0v) is 11.7. The van der Waals surface area contributed by atoms with Crippen molar-refractivity contribution in [3.05, 3.63) is 51.9 Å². The molecule has 2 aromatic rings. The lowest BCUT2D eigenvalue weighted by molar-refractivity contribution is 0.102. The maximum absolute atomic E-state index is 13.1. The lowest BCUT2D eigenvalue weighted by Gasteiger charge is -2.08. The summed E-state index contributed by atoms with van der Waals surface area (Å²) in [7, 11) is 0. The second kappa shape index (κ2) is 5.36. The first-order valence-electron chi connectivity index (χ1n) is 5.46. The molecule has 0 bridgehead atoms. The van der Waals surface area contributed by atoms with Crippen LogP contribution in [0.15, 0.2) is 34.9 Å². The quantitative estimate of drug-likeness (QED) is 0.892. The lowest BCUT2D eigenvalue weighted by atomic mass is 10.2. The first kappa shape index (κ1) is 13.5. The molecule has 0 atom stereocenters. The molecule has 2 rings (SSSR count). The SMILES string of the molecule is Cc1cc(NC(=O)c2cc(F)ccc2Br)ncc1N. The van der Waals surface area contributed by atoms with E-state index in [2.05, 4.69) is 26.2 Å².